The van der Waals surface area contributed by atoms with Gasteiger partial charge in [0.15, 0.2) is 0 Å². The normalized spacial score (nSPS) is 14.6. The van der Waals surface area contributed by atoms with Crippen molar-refractivity contribution in [1.29, 1.82) is 0 Å². The Bertz CT molecular complexity index is 448. The minimum atomic E-state index is 0.0164. The highest BCUT2D eigenvalue weighted by Gasteiger charge is 2.15. The summed E-state index contributed by atoms with van der Waals surface area (Å²) < 4.78 is 5.44. The first-order valence-electron chi connectivity index (χ1n) is 6.84. The number of ether oxygens (including phenoxy) is 1. The Morgan fingerprint density at radius 1 is 1.53 bits per heavy atom. The van der Waals surface area contributed by atoms with Crippen LogP contribution in [-0.2, 0) is 6.42 Å². The smallest absolute Gasteiger partial charge is 0.251 e. The number of carbonyl (C=O) groups is 1. The van der Waals surface area contributed by atoms with Crippen LogP contribution < -0.4 is 10.1 Å². The van der Waals surface area contributed by atoms with Crippen LogP contribution in [0.4, 0.5) is 0 Å². The molecule has 1 amide bonds. The van der Waals surface area contributed by atoms with Crippen LogP contribution in [0.5, 0.6) is 5.75 Å². The molecule has 0 bridgehead atoms. The summed E-state index contributed by atoms with van der Waals surface area (Å²) in [6.45, 7) is 3.63. The van der Waals surface area contributed by atoms with Gasteiger partial charge in [-0.15, -0.1) is 0 Å². The van der Waals surface area contributed by atoms with Gasteiger partial charge in [-0.3, -0.25) is 4.79 Å². The van der Waals surface area contributed by atoms with Crippen molar-refractivity contribution in [3.05, 3.63) is 29.3 Å². The van der Waals surface area contributed by atoms with Crippen LogP contribution in [0, 0.1) is 5.92 Å². The summed E-state index contributed by atoms with van der Waals surface area (Å²) in [5, 5.41) is 4.01. The van der Waals surface area contributed by atoms with Gasteiger partial charge in [0.2, 0.25) is 0 Å². The van der Waals surface area contributed by atoms with Crippen molar-refractivity contribution in [2.24, 2.45) is 5.92 Å². The third-order valence-electron chi connectivity index (χ3n) is 3.60. The summed E-state index contributed by atoms with van der Waals surface area (Å²) in [6.07, 6.45) is 3.08. The van der Waals surface area contributed by atoms with Crippen molar-refractivity contribution >= 4 is 21.8 Å². The van der Waals surface area contributed by atoms with Crippen LogP contribution in [0.1, 0.15) is 35.7 Å². The molecule has 1 aromatic rings. The summed E-state index contributed by atoms with van der Waals surface area (Å²) in [6, 6.07) is 5.68. The van der Waals surface area contributed by atoms with Gasteiger partial charge < -0.3 is 10.1 Å². The van der Waals surface area contributed by atoms with Gasteiger partial charge in [-0.25, -0.2) is 0 Å². The van der Waals surface area contributed by atoms with Crippen LogP contribution in [0.25, 0.3) is 0 Å². The SMILES string of the molecule is CCC(CCBr)CNC(=O)c1ccc2c(c1)CCO2. The predicted octanol–water partition coefficient (Wildman–Crippen LogP) is 3.16. The molecule has 1 aliphatic heterocycles. The fraction of sp³-hybridized carbons (Fsp3) is 0.533. The van der Waals surface area contributed by atoms with Gasteiger partial charge in [-0.2, -0.15) is 0 Å². The maximum atomic E-state index is 12.1. The molecule has 1 N–H and O–H groups in total. The highest BCUT2D eigenvalue weighted by molar-refractivity contribution is 9.09. The Hall–Kier alpha value is -1.03. The lowest BCUT2D eigenvalue weighted by molar-refractivity contribution is 0.0946. The lowest BCUT2D eigenvalue weighted by Crippen LogP contribution is -2.29. The highest BCUT2D eigenvalue weighted by Crippen LogP contribution is 2.25. The van der Waals surface area contributed by atoms with Crippen LogP contribution in [0.15, 0.2) is 18.2 Å². The van der Waals surface area contributed by atoms with Crippen LogP contribution in [0.3, 0.4) is 0 Å². The standard InChI is InChI=1S/C15H20BrNO2/c1-2-11(5-7-16)10-17-15(18)13-3-4-14-12(9-13)6-8-19-14/h3-4,9,11H,2,5-8,10H2,1H3,(H,17,18). The first-order valence-corrected chi connectivity index (χ1v) is 7.96. The van der Waals surface area contributed by atoms with Crippen molar-refractivity contribution in [1.82, 2.24) is 5.32 Å². The van der Waals surface area contributed by atoms with E-state index in [1.807, 2.05) is 18.2 Å². The second-order valence-corrected chi connectivity index (χ2v) is 5.68. The molecule has 0 spiro atoms. The number of hydrogen-bond donors (Lipinski definition) is 1. The van der Waals surface area contributed by atoms with E-state index in [1.165, 1.54) is 0 Å². The summed E-state index contributed by atoms with van der Waals surface area (Å²) in [5.74, 6) is 1.48. The number of benzene rings is 1. The number of carbonyl (C=O) groups excluding carboxylic acids is 1. The summed E-state index contributed by atoms with van der Waals surface area (Å²) in [4.78, 5) is 12.1. The van der Waals surface area contributed by atoms with E-state index in [9.17, 15) is 4.79 Å². The number of rotatable bonds is 6. The highest BCUT2D eigenvalue weighted by atomic mass is 79.9. The van der Waals surface area contributed by atoms with Crippen molar-refractivity contribution in [3.8, 4) is 5.75 Å². The number of nitrogens with one attached hydrogen (secondary N) is 1. The molecular weight excluding hydrogens is 306 g/mol. The first kappa shape index (κ1) is 14.4. The van der Waals surface area contributed by atoms with Crippen molar-refractivity contribution < 1.29 is 9.53 Å². The number of amides is 1. The fourth-order valence-corrected chi connectivity index (χ4v) is 2.92. The van der Waals surface area contributed by atoms with Crippen molar-refractivity contribution in [3.63, 3.8) is 0 Å². The number of fused-ring (bicyclic) bond motifs is 1. The molecular formula is C15H20BrNO2. The van der Waals surface area contributed by atoms with Crippen LogP contribution >= 0.6 is 15.9 Å². The van der Waals surface area contributed by atoms with Gasteiger partial charge in [0, 0.05) is 23.9 Å². The largest absolute Gasteiger partial charge is 0.493 e. The van der Waals surface area contributed by atoms with Gasteiger partial charge in [0.1, 0.15) is 5.75 Å². The monoisotopic (exact) mass is 325 g/mol. The zero-order chi connectivity index (χ0) is 13.7. The molecule has 19 heavy (non-hydrogen) atoms. The summed E-state index contributed by atoms with van der Waals surface area (Å²) in [7, 11) is 0. The molecule has 104 valence electrons. The third-order valence-corrected chi connectivity index (χ3v) is 4.06. The number of alkyl halides is 1. The van der Waals surface area contributed by atoms with Crippen LogP contribution in [-0.4, -0.2) is 24.4 Å². The van der Waals surface area contributed by atoms with Gasteiger partial charge >= 0.3 is 0 Å². The molecule has 0 fully saturated rings. The average Bonchev–Trinajstić information content (AvgIpc) is 2.90. The minimum absolute atomic E-state index is 0.0164. The van der Waals surface area contributed by atoms with E-state index in [4.69, 9.17) is 4.74 Å². The third kappa shape index (κ3) is 3.72. The van der Waals surface area contributed by atoms with E-state index in [0.717, 1.165) is 54.6 Å². The molecule has 0 saturated carbocycles. The van der Waals surface area contributed by atoms with Gasteiger partial charge in [0.05, 0.1) is 6.61 Å². The Morgan fingerprint density at radius 3 is 3.11 bits per heavy atom. The second-order valence-electron chi connectivity index (χ2n) is 4.88. The van der Waals surface area contributed by atoms with E-state index in [0.29, 0.717) is 5.92 Å². The molecule has 0 saturated heterocycles. The van der Waals surface area contributed by atoms with Gasteiger partial charge in [-0.1, -0.05) is 29.3 Å². The lowest BCUT2D eigenvalue weighted by atomic mass is 10.0. The Balaban J connectivity index is 1.92. The second kappa shape index (κ2) is 6.94. The van der Waals surface area contributed by atoms with Gasteiger partial charge in [-0.05, 0) is 36.1 Å². The van der Waals surface area contributed by atoms with Crippen molar-refractivity contribution in [2.45, 2.75) is 26.2 Å². The molecule has 1 heterocycles. The van der Waals surface area contributed by atoms with E-state index >= 15 is 0 Å². The Labute approximate surface area is 122 Å². The molecule has 3 nitrogen and oxygen atoms in total. The average molecular weight is 326 g/mol. The lowest BCUT2D eigenvalue weighted by Gasteiger charge is -2.14. The zero-order valence-corrected chi connectivity index (χ0v) is 12.8. The predicted molar refractivity (Wildman–Crippen MR) is 80.2 cm³/mol. The molecule has 4 heteroatoms. The molecule has 0 aliphatic carbocycles. The fourth-order valence-electron chi connectivity index (χ4n) is 2.27. The molecule has 1 aromatic carbocycles. The maximum absolute atomic E-state index is 12.1. The van der Waals surface area contributed by atoms with E-state index in [-0.39, 0.29) is 5.91 Å². The summed E-state index contributed by atoms with van der Waals surface area (Å²) in [5.41, 5.74) is 1.87. The molecule has 0 radical (unpaired) electrons. The summed E-state index contributed by atoms with van der Waals surface area (Å²) >= 11 is 3.45. The first-order chi connectivity index (χ1) is 9.24. The maximum Gasteiger partial charge on any atom is 0.251 e. The number of halogens is 1. The molecule has 1 unspecified atom stereocenters. The van der Waals surface area contributed by atoms with Gasteiger partial charge in [0.25, 0.3) is 5.91 Å². The quantitative estimate of drug-likeness (QED) is 0.816. The van der Waals surface area contributed by atoms with E-state index in [2.05, 4.69) is 28.2 Å². The van der Waals surface area contributed by atoms with E-state index in [1.54, 1.807) is 0 Å². The molecule has 0 aromatic heterocycles. The number of hydrogen-bond acceptors (Lipinski definition) is 2. The molecule has 2 rings (SSSR count). The van der Waals surface area contributed by atoms with Crippen LogP contribution in [0.2, 0.25) is 0 Å². The molecule has 1 aliphatic rings. The zero-order valence-electron chi connectivity index (χ0n) is 11.2. The Morgan fingerprint density at radius 2 is 2.37 bits per heavy atom. The van der Waals surface area contributed by atoms with Crippen molar-refractivity contribution in [2.75, 3.05) is 18.5 Å². The Kier molecular flexibility index (Phi) is 5.25. The topological polar surface area (TPSA) is 38.3 Å². The minimum Gasteiger partial charge on any atom is -0.493 e. The molecule has 1 atom stereocenters. The van der Waals surface area contributed by atoms with E-state index < -0.39 is 0 Å².